The summed E-state index contributed by atoms with van der Waals surface area (Å²) < 4.78 is 6.77. The zero-order valence-electron chi connectivity index (χ0n) is 11.4. The molecule has 2 rings (SSSR count). The molecular formula is C16H18BrNO2. The summed E-state index contributed by atoms with van der Waals surface area (Å²) in [4.78, 5) is 0. The van der Waals surface area contributed by atoms with E-state index in [2.05, 4.69) is 28.2 Å². The van der Waals surface area contributed by atoms with Crippen molar-refractivity contribution >= 4 is 21.6 Å². The van der Waals surface area contributed by atoms with Gasteiger partial charge in [-0.05, 0) is 36.8 Å². The van der Waals surface area contributed by atoms with Gasteiger partial charge < -0.3 is 15.2 Å². The quantitative estimate of drug-likeness (QED) is 0.813. The van der Waals surface area contributed by atoms with Crippen LogP contribution in [0.1, 0.15) is 18.9 Å². The van der Waals surface area contributed by atoms with Crippen LogP contribution in [0.3, 0.4) is 0 Å². The van der Waals surface area contributed by atoms with Crippen LogP contribution in [0.5, 0.6) is 11.5 Å². The van der Waals surface area contributed by atoms with E-state index < -0.39 is 0 Å². The van der Waals surface area contributed by atoms with Gasteiger partial charge in [0.1, 0.15) is 11.5 Å². The Balaban J connectivity index is 2.09. The molecule has 3 nitrogen and oxygen atoms in total. The summed E-state index contributed by atoms with van der Waals surface area (Å²) in [5, 5.41) is 12.7. The average molecular weight is 336 g/mol. The van der Waals surface area contributed by atoms with Gasteiger partial charge in [0.05, 0.1) is 6.61 Å². The van der Waals surface area contributed by atoms with Crippen molar-refractivity contribution in [3.63, 3.8) is 0 Å². The van der Waals surface area contributed by atoms with Crippen LogP contribution in [0.15, 0.2) is 46.9 Å². The molecule has 0 aromatic heterocycles. The highest BCUT2D eigenvalue weighted by Gasteiger charge is 2.05. The Morgan fingerprint density at radius 2 is 2.05 bits per heavy atom. The van der Waals surface area contributed by atoms with Gasteiger partial charge in [-0.2, -0.15) is 0 Å². The first-order valence-electron chi connectivity index (χ1n) is 6.63. The van der Waals surface area contributed by atoms with Crippen LogP contribution < -0.4 is 10.1 Å². The lowest BCUT2D eigenvalue weighted by Crippen LogP contribution is -2.04. The van der Waals surface area contributed by atoms with Gasteiger partial charge in [-0.15, -0.1) is 0 Å². The predicted octanol–water partition coefficient (Wildman–Crippen LogP) is 4.56. The molecule has 2 N–H and O–H groups in total. The minimum absolute atomic E-state index is 0.256. The van der Waals surface area contributed by atoms with Gasteiger partial charge in [0.15, 0.2) is 0 Å². The maximum atomic E-state index is 9.45. The van der Waals surface area contributed by atoms with Crippen molar-refractivity contribution in [3.8, 4) is 11.5 Å². The minimum atomic E-state index is 0.256. The third-order valence-electron chi connectivity index (χ3n) is 2.81. The Kier molecular flexibility index (Phi) is 5.30. The molecule has 0 fully saturated rings. The molecule has 0 saturated heterocycles. The third-order valence-corrected chi connectivity index (χ3v) is 3.31. The Morgan fingerprint density at radius 3 is 2.80 bits per heavy atom. The highest BCUT2D eigenvalue weighted by molar-refractivity contribution is 9.10. The van der Waals surface area contributed by atoms with Crippen molar-refractivity contribution in [3.05, 3.63) is 52.5 Å². The molecule has 0 bridgehead atoms. The fourth-order valence-corrected chi connectivity index (χ4v) is 2.26. The van der Waals surface area contributed by atoms with Crippen molar-refractivity contribution < 1.29 is 9.84 Å². The smallest absolute Gasteiger partial charge is 0.124 e. The van der Waals surface area contributed by atoms with Crippen LogP contribution in [-0.2, 0) is 6.54 Å². The second-order valence-electron chi connectivity index (χ2n) is 4.50. The summed E-state index contributed by atoms with van der Waals surface area (Å²) in [5.74, 6) is 1.15. The number of ether oxygens (including phenoxy) is 1. The number of phenolic OH excluding ortho intramolecular Hbond substituents is 1. The summed E-state index contributed by atoms with van der Waals surface area (Å²) >= 11 is 3.48. The van der Waals surface area contributed by atoms with Gasteiger partial charge in [0.25, 0.3) is 0 Å². The highest BCUT2D eigenvalue weighted by Crippen LogP contribution is 2.25. The molecule has 0 saturated carbocycles. The molecule has 0 spiro atoms. The molecule has 0 radical (unpaired) electrons. The number of rotatable bonds is 6. The summed E-state index contributed by atoms with van der Waals surface area (Å²) in [5.41, 5.74) is 1.96. The van der Waals surface area contributed by atoms with E-state index in [-0.39, 0.29) is 5.75 Å². The SMILES string of the molecule is CCCOc1ccc(Br)cc1CNc1cccc(O)c1. The van der Waals surface area contributed by atoms with Gasteiger partial charge in [0, 0.05) is 28.3 Å². The summed E-state index contributed by atoms with van der Waals surface area (Å²) in [6.45, 7) is 3.44. The fraction of sp³-hybridized carbons (Fsp3) is 0.250. The van der Waals surface area contributed by atoms with Gasteiger partial charge in [0.2, 0.25) is 0 Å². The highest BCUT2D eigenvalue weighted by atomic mass is 79.9. The fourth-order valence-electron chi connectivity index (χ4n) is 1.85. The molecule has 20 heavy (non-hydrogen) atoms. The first-order chi connectivity index (χ1) is 9.69. The number of nitrogens with one attached hydrogen (secondary N) is 1. The largest absolute Gasteiger partial charge is 0.508 e. The van der Waals surface area contributed by atoms with Crippen LogP contribution >= 0.6 is 15.9 Å². The van der Waals surface area contributed by atoms with E-state index in [0.717, 1.165) is 27.9 Å². The molecule has 2 aromatic carbocycles. The first-order valence-corrected chi connectivity index (χ1v) is 7.42. The molecule has 4 heteroatoms. The Labute approximate surface area is 127 Å². The van der Waals surface area contributed by atoms with E-state index in [1.807, 2.05) is 30.3 Å². The molecule has 0 amide bonds. The zero-order valence-corrected chi connectivity index (χ0v) is 13.0. The second-order valence-corrected chi connectivity index (χ2v) is 5.42. The Bertz CT molecular complexity index is 572. The monoisotopic (exact) mass is 335 g/mol. The molecular weight excluding hydrogens is 318 g/mol. The predicted molar refractivity (Wildman–Crippen MR) is 85.4 cm³/mol. The van der Waals surface area contributed by atoms with Crippen molar-refractivity contribution in [2.75, 3.05) is 11.9 Å². The molecule has 0 unspecified atom stereocenters. The van der Waals surface area contributed by atoms with Crippen LogP contribution in [0.4, 0.5) is 5.69 Å². The van der Waals surface area contributed by atoms with E-state index in [0.29, 0.717) is 13.2 Å². The van der Waals surface area contributed by atoms with Crippen LogP contribution in [0.2, 0.25) is 0 Å². The van der Waals surface area contributed by atoms with Crippen molar-refractivity contribution in [1.29, 1.82) is 0 Å². The molecule has 2 aromatic rings. The van der Waals surface area contributed by atoms with Gasteiger partial charge >= 0.3 is 0 Å². The van der Waals surface area contributed by atoms with Crippen LogP contribution in [0.25, 0.3) is 0 Å². The summed E-state index contributed by atoms with van der Waals surface area (Å²) in [7, 11) is 0. The molecule has 0 aliphatic rings. The van der Waals surface area contributed by atoms with E-state index in [1.165, 1.54) is 0 Å². The minimum Gasteiger partial charge on any atom is -0.508 e. The van der Waals surface area contributed by atoms with Gasteiger partial charge in [-0.3, -0.25) is 0 Å². The third kappa shape index (κ3) is 4.17. The Morgan fingerprint density at radius 1 is 1.20 bits per heavy atom. The number of phenols is 1. The van der Waals surface area contributed by atoms with E-state index in [1.54, 1.807) is 12.1 Å². The average Bonchev–Trinajstić information content (AvgIpc) is 2.44. The lowest BCUT2D eigenvalue weighted by atomic mass is 10.2. The lowest BCUT2D eigenvalue weighted by molar-refractivity contribution is 0.314. The number of halogens is 1. The zero-order chi connectivity index (χ0) is 14.4. The number of anilines is 1. The molecule has 0 heterocycles. The van der Waals surface area contributed by atoms with E-state index >= 15 is 0 Å². The van der Waals surface area contributed by atoms with E-state index in [9.17, 15) is 5.11 Å². The maximum Gasteiger partial charge on any atom is 0.124 e. The second kappa shape index (κ2) is 7.20. The number of hydrogen-bond donors (Lipinski definition) is 2. The van der Waals surface area contributed by atoms with Crippen molar-refractivity contribution in [2.45, 2.75) is 19.9 Å². The van der Waals surface area contributed by atoms with Gasteiger partial charge in [-0.25, -0.2) is 0 Å². The van der Waals surface area contributed by atoms with Gasteiger partial charge in [-0.1, -0.05) is 28.9 Å². The number of benzene rings is 2. The van der Waals surface area contributed by atoms with Crippen LogP contribution in [-0.4, -0.2) is 11.7 Å². The molecule has 0 aliphatic carbocycles. The summed E-state index contributed by atoms with van der Waals surface area (Å²) in [6, 6.07) is 13.1. The molecule has 0 atom stereocenters. The van der Waals surface area contributed by atoms with E-state index in [4.69, 9.17) is 4.74 Å². The van der Waals surface area contributed by atoms with Crippen molar-refractivity contribution in [2.24, 2.45) is 0 Å². The Hall–Kier alpha value is -1.68. The van der Waals surface area contributed by atoms with Crippen LogP contribution in [0, 0.1) is 0 Å². The number of hydrogen-bond acceptors (Lipinski definition) is 3. The molecule has 106 valence electrons. The topological polar surface area (TPSA) is 41.5 Å². The molecule has 0 aliphatic heterocycles. The van der Waals surface area contributed by atoms with Crippen molar-refractivity contribution in [1.82, 2.24) is 0 Å². The first kappa shape index (κ1) is 14.7. The standard InChI is InChI=1S/C16H18BrNO2/c1-2-8-20-16-7-6-13(17)9-12(16)11-18-14-4-3-5-15(19)10-14/h3-7,9-10,18-19H,2,8,11H2,1H3. The number of aromatic hydroxyl groups is 1. The lowest BCUT2D eigenvalue weighted by Gasteiger charge is -2.13. The maximum absolute atomic E-state index is 9.45. The summed E-state index contributed by atoms with van der Waals surface area (Å²) in [6.07, 6.45) is 0.982. The normalized spacial score (nSPS) is 10.3.